The van der Waals surface area contributed by atoms with Gasteiger partial charge in [0.1, 0.15) is 0 Å². The Labute approximate surface area is 84.1 Å². The van der Waals surface area contributed by atoms with Crippen LogP contribution < -0.4 is 5.30 Å². The molecule has 2 rings (SSSR count). The topological polar surface area (TPSA) is 0 Å². The van der Waals surface area contributed by atoms with Crippen LogP contribution in [0.25, 0.3) is 0 Å². The maximum Gasteiger partial charge on any atom is 0.0814 e. The highest BCUT2D eigenvalue weighted by molar-refractivity contribution is 7.66. The van der Waals surface area contributed by atoms with Gasteiger partial charge < -0.3 is 0 Å². The maximum atomic E-state index is 2.41. The van der Waals surface area contributed by atoms with Crippen molar-refractivity contribution >= 4 is 21.6 Å². The van der Waals surface area contributed by atoms with E-state index < -0.39 is 0 Å². The average Bonchev–Trinajstić information content (AvgIpc) is 2.53. The molecule has 0 spiro atoms. The normalized spacial score (nSPS) is 26.8. The van der Waals surface area contributed by atoms with Gasteiger partial charge in [-0.1, -0.05) is 45.2 Å². The largest absolute Gasteiger partial charge is 0.0814 e. The van der Waals surface area contributed by atoms with Crippen LogP contribution in [0.5, 0.6) is 0 Å². The van der Waals surface area contributed by atoms with Crippen molar-refractivity contribution in [1.82, 2.24) is 0 Å². The minimum atomic E-state index is 0. The third-order valence-corrected chi connectivity index (χ3v) is 5.72. The Bertz CT molecular complexity index is 248. The molecular weight excluding hydrogens is 174 g/mol. The second-order valence-corrected chi connectivity index (χ2v) is 6.30. The molecule has 1 saturated heterocycles. The van der Waals surface area contributed by atoms with Gasteiger partial charge in [-0.3, -0.25) is 0 Å². The predicted molar refractivity (Wildman–Crippen MR) is 66.5 cm³/mol. The highest BCUT2D eigenvalue weighted by Gasteiger charge is 2.23. The van der Waals surface area contributed by atoms with Crippen LogP contribution in [0.2, 0.25) is 0 Å². The first-order chi connectivity index (χ1) is 5.88. The summed E-state index contributed by atoms with van der Waals surface area (Å²) < 4.78 is 0. The van der Waals surface area contributed by atoms with Crippen LogP contribution in [0.3, 0.4) is 0 Å². The summed E-state index contributed by atoms with van der Waals surface area (Å²) in [6.45, 7) is 2.41. The standard InChI is InChI=1S/C11H15P.BH3/c1-10-6-5-9-12(10)11-7-3-2-4-8-11;/h2-4,7-8,10H,5-6,9H2,1H3;1H3/t10-,12-;/m0./s1. The van der Waals surface area contributed by atoms with Gasteiger partial charge in [-0.2, -0.15) is 0 Å². The molecule has 70 valence electrons. The summed E-state index contributed by atoms with van der Waals surface area (Å²) in [6, 6.07) is 11.0. The molecule has 1 heterocycles. The van der Waals surface area contributed by atoms with E-state index in [-0.39, 0.29) is 16.3 Å². The third kappa shape index (κ3) is 2.34. The van der Waals surface area contributed by atoms with Crippen LogP contribution in [0.1, 0.15) is 19.8 Å². The molecule has 0 unspecified atom stereocenters. The van der Waals surface area contributed by atoms with Gasteiger partial charge in [0.05, 0.1) is 8.41 Å². The van der Waals surface area contributed by atoms with Crippen LogP contribution in [-0.4, -0.2) is 20.2 Å². The Morgan fingerprint density at radius 1 is 1.23 bits per heavy atom. The van der Waals surface area contributed by atoms with E-state index in [4.69, 9.17) is 0 Å². The third-order valence-electron chi connectivity index (χ3n) is 2.64. The number of hydrogen-bond donors (Lipinski definition) is 0. The Kier molecular flexibility index (Phi) is 4.00. The van der Waals surface area contributed by atoms with Crippen LogP contribution in [0.15, 0.2) is 30.3 Å². The summed E-state index contributed by atoms with van der Waals surface area (Å²) in [5.41, 5.74) is 0.961. The molecule has 0 aromatic heterocycles. The highest BCUT2D eigenvalue weighted by Crippen LogP contribution is 2.48. The van der Waals surface area contributed by atoms with E-state index in [1.54, 1.807) is 5.30 Å². The second kappa shape index (κ2) is 4.81. The van der Waals surface area contributed by atoms with Gasteiger partial charge in [0, 0.05) is 0 Å². The lowest BCUT2D eigenvalue weighted by molar-refractivity contribution is 0.836. The fourth-order valence-corrected chi connectivity index (χ4v) is 4.72. The molecule has 0 saturated carbocycles. The van der Waals surface area contributed by atoms with Gasteiger partial charge in [0.2, 0.25) is 0 Å². The molecule has 0 bridgehead atoms. The molecule has 0 nitrogen and oxygen atoms in total. The Balaban J connectivity index is 0.000000845. The maximum absolute atomic E-state index is 2.41. The average molecular weight is 192 g/mol. The molecule has 2 atom stereocenters. The first-order valence-electron chi connectivity index (χ1n) is 4.69. The highest BCUT2D eigenvalue weighted by atomic mass is 31.1. The van der Waals surface area contributed by atoms with Gasteiger partial charge in [-0.05, 0) is 30.0 Å². The van der Waals surface area contributed by atoms with E-state index >= 15 is 0 Å². The van der Waals surface area contributed by atoms with E-state index in [0.717, 1.165) is 5.66 Å². The number of hydrogen-bond acceptors (Lipinski definition) is 0. The van der Waals surface area contributed by atoms with E-state index in [0.29, 0.717) is 0 Å². The first-order valence-corrected chi connectivity index (χ1v) is 6.29. The molecule has 0 amide bonds. The molecule has 1 aliphatic rings. The second-order valence-electron chi connectivity index (χ2n) is 3.52. The van der Waals surface area contributed by atoms with Crippen molar-refractivity contribution in [2.75, 3.05) is 6.16 Å². The van der Waals surface area contributed by atoms with E-state index in [9.17, 15) is 0 Å². The molecule has 0 radical (unpaired) electrons. The summed E-state index contributed by atoms with van der Waals surface area (Å²) in [5, 5.41) is 1.61. The van der Waals surface area contributed by atoms with E-state index in [1.165, 1.54) is 19.0 Å². The first kappa shape index (κ1) is 10.8. The molecule has 13 heavy (non-hydrogen) atoms. The lowest BCUT2D eigenvalue weighted by Gasteiger charge is -2.15. The van der Waals surface area contributed by atoms with Crippen molar-refractivity contribution in [2.24, 2.45) is 0 Å². The molecule has 1 aromatic rings. The molecule has 1 fully saturated rings. The zero-order valence-electron chi connectivity index (χ0n) is 7.53. The summed E-state index contributed by atoms with van der Waals surface area (Å²) in [5.74, 6) is 0. The smallest absolute Gasteiger partial charge is 0.0724 e. The van der Waals surface area contributed by atoms with Crippen molar-refractivity contribution in [3.8, 4) is 0 Å². The SMILES string of the molecule is B.C[C@H]1CCC[P@]1c1ccccc1. The number of benzene rings is 1. The van der Waals surface area contributed by atoms with Crippen molar-refractivity contribution in [3.05, 3.63) is 30.3 Å². The summed E-state index contributed by atoms with van der Waals surface area (Å²) >= 11 is 0. The summed E-state index contributed by atoms with van der Waals surface area (Å²) in [6.07, 6.45) is 4.35. The predicted octanol–water partition coefficient (Wildman–Crippen LogP) is 1.79. The van der Waals surface area contributed by atoms with Gasteiger partial charge in [0.15, 0.2) is 0 Å². The molecular formula is C11H18BP. The quantitative estimate of drug-likeness (QED) is 0.470. The lowest BCUT2D eigenvalue weighted by atomic mass is 10.3. The zero-order valence-corrected chi connectivity index (χ0v) is 8.43. The molecule has 1 aliphatic heterocycles. The Morgan fingerprint density at radius 3 is 2.46 bits per heavy atom. The Hall–Kier alpha value is -0.285. The van der Waals surface area contributed by atoms with Gasteiger partial charge in [-0.25, -0.2) is 0 Å². The minimum Gasteiger partial charge on any atom is -0.0724 e. The Morgan fingerprint density at radius 2 is 1.92 bits per heavy atom. The van der Waals surface area contributed by atoms with Crippen LogP contribution in [0, 0.1) is 0 Å². The lowest BCUT2D eigenvalue weighted by Crippen LogP contribution is -2.05. The van der Waals surface area contributed by atoms with Crippen LogP contribution >= 0.6 is 7.92 Å². The van der Waals surface area contributed by atoms with Gasteiger partial charge >= 0.3 is 0 Å². The monoisotopic (exact) mass is 192 g/mol. The summed E-state index contributed by atoms with van der Waals surface area (Å²) in [4.78, 5) is 0. The van der Waals surface area contributed by atoms with Crippen molar-refractivity contribution in [3.63, 3.8) is 0 Å². The van der Waals surface area contributed by atoms with E-state index in [1.807, 2.05) is 0 Å². The van der Waals surface area contributed by atoms with Gasteiger partial charge in [0.25, 0.3) is 0 Å². The van der Waals surface area contributed by atoms with Crippen molar-refractivity contribution in [1.29, 1.82) is 0 Å². The number of rotatable bonds is 1. The van der Waals surface area contributed by atoms with Crippen LogP contribution in [0.4, 0.5) is 0 Å². The minimum absolute atomic E-state index is 0. The van der Waals surface area contributed by atoms with Crippen molar-refractivity contribution < 1.29 is 0 Å². The summed E-state index contributed by atoms with van der Waals surface area (Å²) in [7, 11) is 0.199. The van der Waals surface area contributed by atoms with Crippen LogP contribution in [-0.2, 0) is 0 Å². The molecule has 0 aliphatic carbocycles. The fourth-order valence-electron chi connectivity index (χ4n) is 1.94. The molecule has 1 aromatic carbocycles. The van der Waals surface area contributed by atoms with E-state index in [2.05, 4.69) is 37.3 Å². The zero-order chi connectivity index (χ0) is 8.39. The molecule has 2 heteroatoms. The molecule has 0 N–H and O–H groups in total. The fraction of sp³-hybridized carbons (Fsp3) is 0.455. The van der Waals surface area contributed by atoms with Crippen molar-refractivity contribution in [2.45, 2.75) is 25.4 Å². The van der Waals surface area contributed by atoms with Gasteiger partial charge in [-0.15, -0.1) is 0 Å².